The van der Waals surface area contributed by atoms with Crippen molar-refractivity contribution in [3.05, 3.63) is 86.5 Å². The molecule has 0 atom stereocenters. The molecule has 0 aliphatic carbocycles. The zero-order chi connectivity index (χ0) is 19.2. The van der Waals surface area contributed by atoms with E-state index < -0.39 is 0 Å². The number of aryl methyl sites for hydroxylation is 2. The van der Waals surface area contributed by atoms with Gasteiger partial charge in [-0.05, 0) is 56.1 Å². The average molecular weight is 395 g/mol. The summed E-state index contributed by atoms with van der Waals surface area (Å²) in [4.78, 5) is 17.7. The third kappa shape index (κ3) is 5.12. The van der Waals surface area contributed by atoms with Gasteiger partial charge in [-0.1, -0.05) is 30.3 Å². The van der Waals surface area contributed by atoms with Crippen LogP contribution in [0.15, 0.2) is 65.6 Å². The maximum atomic E-state index is 12.4. The molecule has 1 aromatic carbocycles. The molecular formula is C23H26N2O2S. The maximum absolute atomic E-state index is 12.4. The van der Waals surface area contributed by atoms with Gasteiger partial charge in [0.15, 0.2) is 0 Å². The van der Waals surface area contributed by atoms with Gasteiger partial charge in [0.1, 0.15) is 12.4 Å². The molecule has 4 rings (SSSR count). The highest BCUT2D eigenvalue weighted by Crippen LogP contribution is 2.21. The Labute approximate surface area is 170 Å². The Morgan fingerprint density at radius 3 is 2.54 bits per heavy atom. The van der Waals surface area contributed by atoms with E-state index in [4.69, 9.17) is 4.74 Å². The molecular weight excluding hydrogens is 368 g/mol. The van der Waals surface area contributed by atoms with Gasteiger partial charge in [-0.15, -0.1) is 11.3 Å². The summed E-state index contributed by atoms with van der Waals surface area (Å²) in [5, 5.41) is 0. The second kappa shape index (κ2) is 9.22. The zero-order valence-electron chi connectivity index (χ0n) is 16.0. The molecule has 1 fully saturated rings. The van der Waals surface area contributed by atoms with E-state index in [-0.39, 0.29) is 5.56 Å². The number of hydrogen-bond donors (Lipinski definition) is 0. The van der Waals surface area contributed by atoms with E-state index in [1.165, 1.54) is 35.7 Å². The number of pyridine rings is 1. The van der Waals surface area contributed by atoms with Gasteiger partial charge >= 0.3 is 0 Å². The number of hydrogen-bond acceptors (Lipinski definition) is 4. The van der Waals surface area contributed by atoms with Crippen LogP contribution >= 0.6 is 11.3 Å². The van der Waals surface area contributed by atoms with Crippen molar-refractivity contribution >= 4 is 11.3 Å². The lowest BCUT2D eigenvalue weighted by atomic mass is 10.2. The number of benzene rings is 1. The summed E-state index contributed by atoms with van der Waals surface area (Å²) in [6, 6.07) is 17.9. The van der Waals surface area contributed by atoms with Gasteiger partial charge in [-0.25, -0.2) is 0 Å². The highest BCUT2D eigenvalue weighted by Gasteiger charge is 2.12. The fourth-order valence-electron chi connectivity index (χ4n) is 3.54. The summed E-state index contributed by atoms with van der Waals surface area (Å²) in [7, 11) is 0. The third-order valence-corrected chi connectivity index (χ3v) is 6.24. The van der Waals surface area contributed by atoms with E-state index in [9.17, 15) is 4.79 Å². The van der Waals surface area contributed by atoms with Crippen LogP contribution in [0.1, 0.15) is 28.2 Å². The molecule has 1 aliphatic heterocycles. The second-order valence-electron chi connectivity index (χ2n) is 7.27. The SMILES string of the molecule is O=c1cc(OCc2ccccc2)ccn1CCc1ccc(CN2CCCC2)s1. The molecule has 0 radical (unpaired) electrons. The molecule has 4 nitrogen and oxygen atoms in total. The lowest BCUT2D eigenvalue weighted by molar-refractivity contribution is 0.305. The van der Waals surface area contributed by atoms with Crippen molar-refractivity contribution in [2.45, 2.75) is 39.0 Å². The van der Waals surface area contributed by atoms with Crippen LogP contribution in [-0.2, 0) is 26.1 Å². The predicted octanol–water partition coefficient (Wildman–Crippen LogP) is 4.33. The van der Waals surface area contributed by atoms with E-state index in [1.54, 1.807) is 10.6 Å². The van der Waals surface area contributed by atoms with Crippen molar-refractivity contribution in [1.29, 1.82) is 0 Å². The summed E-state index contributed by atoms with van der Waals surface area (Å²) in [6.45, 7) is 4.68. The zero-order valence-corrected chi connectivity index (χ0v) is 16.9. The van der Waals surface area contributed by atoms with Crippen molar-refractivity contribution in [2.75, 3.05) is 13.1 Å². The van der Waals surface area contributed by atoms with Gasteiger partial charge in [-0.2, -0.15) is 0 Å². The Hall–Kier alpha value is -2.37. The van der Waals surface area contributed by atoms with Gasteiger partial charge in [0.25, 0.3) is 5.56 Å². The van der Waals surface area contributed by atoms with E-state index in [1.807, 2.05) is 53.9 Å². The molecule has 0 amide bonds. The molecule has 5 heteroatoms. The molecule has 0 spiro atoms. The predicted molar refractivity (Wildman–Crippen MR) is 114 cm³/mol. The smallest absolute Gasteiger partial charge is 0.254 e. The van der Waals surface area contributed by atoms with Crippen LogP contribution in [0.4, 0.5) is 0 Å². The fourth-order valence-corrected chi connectivity index (χ4v) is 4.59. The van der Waals surface area contributed by atoms with Gasteiger partial charge in [-0.3, -0.25) is 9.69 Å². The first-order valence-electron chi connectivity index (χ1n) is 9.93. The average Bonchev–Trinajstić information content (AvgIpc) is 3.39. The van der Waals surface area contributed by atoms with Gasteiger partial charge < -0.3 is 9.30 Å². The normalized spacial score (nSPS) is 14.4. The van der Waals surface area contributed by atoms with Crippen LogP contribution in [0.5, 0.6) is 5.75 Å². The van der Waals surface area contributed by atoms with E-state index >= 15 is 0 Å². The molecule has 0 N–H and O–H groups in total. The number of nitrogens with zero attached hydrogens (tertiary/aromatic N) is 2. The minimum absolute atomic E-state index is 0.0144. The number of likely N-dealkylation sites (tertiary alicyclic amines) is 1. The Kier molecular flexibility index (Phi) is 6.24. The number of ether oxygens (including phenoxy) is 1. The topological polar surface area (TPSA) is 34.5 Å². The van der Waals surface area contributed by atoms with Gasteiger partial charge in [0, 0.05) is 35.1 Å². The highest BCUT2D eigenvalue weighted by molar-refractivity contribution is 7.11. The van der Waals surface area contributed by atoms with Crippen molar-refractivity contribution in [2.24, 2.45) is 0 Å². The maximum Gasteiger partial charge on any atom is 0.254 e. The van der Waals surface area contributed by atoms with E-state index in [2.05, 4.69) is 17.0 Å². The molecule has 3 aromatic rings. The van der Waals surface area contributed by atoms with Crippen LogP contribution in [0.3, 0.4) is 0 Å². The monoisotopic (exact) mass is 394 g/mol. The largest absolute Gasteiger partial charge is 0.489 e. The van der Waals surface area contributed by atoms with Crippen molar-refractivity contribution in [3.8, 4) is 5.75 Å². The molecule has 2 aromatic heterocycles. The van der Waals surface area contributed by atoms with Crippen molar-refractivity contribution in [1.82, 2.24) is 9.47 Å². The summed E-state index contributed by atoms with van der Waals surface area (Å²) in [6.07, 6.45) is 5.37. The van der Waals surface area contributed by atoms with Crippen molar-refractivity contribution < 1.29 is 4.74 Å². The first-order chi connectivity index (χ1) is 13.8. The minimum Gasteiger partial charge on any atom is -0.489 e. The summed E-state index contributed by atoms with van der Waals surface area (Å²) in [5.74, 6) is 0.620. The third-order valence-electron chi connectivity index (χ3n) is 5.11. The Balaban J connectivity index is 1.30. The van der Waals surface area contributed by atoms with Crippen LogP contribution in [0.2, 0.25) is 0 Å². The standard InChI is InChI=1S/C23H26N2O2S/c26-23-16-20(27-18-19-6-2-1-3-7-19)10-14-25(23)15-11-21-8-9-22(28-21)17-24-12-4-5-13-24/h1-3,6-10,14,16H,4-5,11-13,15,17-18H2. The minimum atomic E-state index is -0.0144. The quantitative estimate of drug-likeness (QED) is 0.570. The number of rotatable bonds is 8. The molecule has 0 saturated carbocycles. The van der Waals surface area contributed by atoms with E-state index in [0.717, 1.165) is 18.5 Å². The fraction of sp³-hybridized carbons (Fsp3) is 0.348. The van der Waals surface area contributed by atoms with Crippen LogP contribution < -0.4 is 10.3 Å². The molecule has 28 heavy (non-hydrogen) atoms. The molecule has 146 valence electrons. The number of thiophene rings is 1. The molecule has 1 saturated heterocycles. The first-order valence-corrected chi connectivity index (χ1v) is 10.7. The van der Waals surface area contributed by atoms with Crippen LogP contribution in [0.25, 0.3) is 0 Å². The van der Waals surface area contributed by atoms with E-state index in [0.29, 0.717) is 18.9 Å². The summed E-state index contributed by atoms with van der Waals surface area (Å²) >= 11 is 1.87. The Morgan fingerprint density at radius 1 is 0.964 bits per heavy atom. The lowest BCUT2D eigenvalue weighted by Crippen LogP contribution is -2.19. The summed E-state index contributed by atoms with van der Waals surface area (Å²) in [5.41, 5.74) is 1.08. The van der Waals surface area contributed by atoms with Gasteiger partial charge in [0.05, 0.1) is 0 Å². The summed E-state index contributed by atoms with van der Waals surface area (Å²) < 4.78 is 7.50. The molecule has 3 heterocycles. The van der Waals surface area contributed by atoms with Crippen LogP contribution in [0, 0.1) is 0 Å². The lowest BCUT2D eigenvalue weighted by Gasteiger charge is -2.12. The highest BCUT2D eigenvalue weighted by atomic mass is 32.1. The molecule has 0 unspecified atom stereocenters. The molecule has 1 aliphatic rings. The Bertz CT molecular complexity index is 942. The van der Waals surface area contributed by atoms with Gasteiger partial charge in [0.2, 0.25) is 0 Å². The second-order valence-corrected chi connectivity index (χ2v) is 8.52. The molecule has 0 bridgehead atoms. The van der Waals surface area contributed by atoms with Crippen molar-refractivity contribution in [3.63, 3.8) is 0 Å². The first kappa shape index (κ1) is 19.0. The Morgan fingerprint density at radius 2 is 1.75 bits per heavy atom. The number of aromatic nitrogens is 1. The van der Waals surface area contributed by atoms with Crippen LogP contribution in [-0.4, -0.2) is 22.6 Å².